The molecule has 0 spiro atoms. The Balaban J connectivity index is 1.72. The van der Waals surface area contributed by atoms with E-state index in [0.717, 1.165) is 12.1 Å². The highest BCUT2D eigenvalue weighted by molar-refractivity contribution is 7.89. The molecule has 2 heterocycles. The molecule has 28 heavy (non-hydrogen) atoms. The third-order valence-electron chi connectivity index (χ3n) is 3.62. The summed E-state index contributed by atoms with van der Waals surface area (Å²) in [5, 5.41) is 0. The number of benzene rings is 1. The minimum atomic E-state index is -5.00. The molecule has 0 bridgehead atoms. The zero-order chi connectivity index (χ0) is 20.2. The minimum absolute atomic E-state index is 0.0706. The van der Waals surface area contributed by atoms with Gasteiger partial charge in [-0.15, -0.1) is 13.2 Å². The van der Waals surface area contributed by atoms with Crippen LogP contribution in [0.1, 0.15) is 0 Å². The van der Waals surface area contributed by atoms with E-state index in [4.69, 9.17) is 0 Å². The van der Waals surface area contributed by atoms with Crippen molar-refractivity contribution in [3.63, 3.8) is 0 Å². The number of para-hydroxylation sites is 1. The second kappa shape index (κ2) is 7.98. The summed E-state index contributed by atoms with van der Waals surface area (Å²) in [6.45, 7) is 0.131. The number of pyridine rings is 1. The first-order chi connectivity index (χ1) is 13.3. The number of hydrogen-bond donors (Lipinski definition) is 1. The second-order valence-electron chi connectivity index (χ2n) is 5.55. The van der Waals surface area contributed by atoms with Gasteiger partial charge in [-0.25, -0.2) is 18.1 Å². The van der Waals surface area contributed by atoms with E-state index in [9.17, 15) is 21.6 Å². The van der Waals surface area contributed by atoms with Gasteiger partial charge in [0.15, 0.2) is 5.82 Å². The summed E-state index contributed by atoms with van der Waals surface area (Å²) in [5.41, 5.74) is 0.610. The summed E-state index contributed by atoms with van der Waals surface area (Å²) in [6.07, 6.45) is -0.196. The number of nitrogens with one attached hydrogen (secondary N) is 1. The number of alkyl halides is 3. The Labute approximate surface area is 158 Å². The minimum Gasteiger partial charge on any atom is -0.404 e. The van der Waals surface area contributed by atoms with Crippen LogP contribution in [0.25, 0.3) is 11.5 Å². The molecule has 0 unspecified atom stereocenters. The van der Waals surface area contributed by atoms with E-state index < -0.39 is 27.0 Å². The molecule has 1 aromatic carbocycles. The summed E-state index contributed by atoms with van der Waals surface area (Å²) < 4.78 is 70.1. The van der Waals surface area contributed by atoms with Crippen LogP contribution in [0.15, 0.2) is 66.0 Å². The predicted octanol–water partition coefficient (Wildman–Crippen LogP) is 2.82. The average molecular weight is 412 g/mol. The summed E-state index contributed by atoms with van der Waals surface area (Å²) in [4.78, 5) is 7.78. The van der Waals surface area contributed by atoms with Gasteiger partial charge >= 0.3 is 6.36 Å². The fourth-order valence-electron chi connectivity index (χ4n) is 2.48. The highest BCUT2D eigenvalue weighted by Gasteiger charge is 2.33. The van der Waals surface area contributed by atoms with Crippen molar-refractivity contribution in [2.45, 2.75) is 17.8 Å². The number of ether oxygens (including phenoxy) is 1. The van der Waals surface area contributed by atoms with Crippen molar-refractivity contribution in [3.8, 4) is 17.3 Å². The molecule has 3 rings (SSSR count). The molecule has 1 N–H and O–H groups in total. The summed E-state index contributed by atoms with van der Waals surface area (Å²) in [6, 6.07) is 9.86. The molecule has 2 aromatic heterocycles. The van der Waals surface area contributed by atoms with Crippen molar-refractivity contribution >= 4 is 10.0 Å². The molecule has 0 saturated heterocycles. The van der Waals surface area contributed by atoms with Crippen LogP contribution in [0.4, 0.5) is 13.2 Å². The van der Waals surface area contributed by atoms with Crippen molar-refractivity contribution in [1.82, 2.24) is 19.3 Å². The molecule has 0 amide bonds. The standard InChI is InChI=1S/C17H15F3N4O3S/c18-17(19,20)27-14-6-1-2-7-15(14)28(25,26)23-10-12-24-11-9-22-16(24)13-5-3-4-8-21-13/h1-9,11,23H,10,12H2. The van der Waals surface area contributed by atoms with Crippen molar-refractivity contribution < 1.29 is 26.3 Å². The molecule has 0 fully saturated rings. The Hall–Kier alpha value is -2.92. The zero-order valence-corrected chi connectivity index (χ0v) is 15.1. The number of rotatable bonds is 7. The van der Waals surface area contributed by atoms with Gasteiger partial charge < -0.3 is 9.30 Å². The van der Waals surface area contributed by atoms with Gasteiger partial charge in [-0.1, -0.05) is 18.2 Å². The summed E-state index contributed by atoms with van der Waals surface area (Å²) in [7, 11) is -4.22. The van der Waals surface area contributed by atoms with Crippen LogP contribution in [0.3, 0.4) is 0 Å². The number of sulfonamides is 1. The zero-order valence-electron chi connectivity index (χ0n) is 14.3. The quantitative estimate of drug-likeness (QED) is 0.645. The normalized spacial score (nSPS) is 12.1. The van der Waals surface area contributed by atoms with E-state index in [-0.39, 0.29) is 13.1 Å². The lowest BCUT2D eigenvalue weighted by atomic mass is 10.3. The first kappa shape index (κ1) is 19.8. The first-order valence-corrected chi connectivity index (χ1v) is 9.51. The highest BCUT2D eigenvalue weighted by atomic mass is 32.2. The molecule has 3 aromatic rings. The highest BCUT2D eigenvalue weighted by Crippen LogP contribution is 2.29. The van der Waals surface area contributed by atoms with Crippen LogP contribution in [0, 0.1) is 0 Å². The fraction of sp³-hybridized carbons (Fsp3) is 0.176. The van der Waals surface area contributed by atoms with Crippen LogP contribution in [-0.2, 0) is 16.6 Å². The largest absolute Gasteiger partial charge is 0.573 e. The van der Waals surface area contributed by atoms with Gasteiger partial charge in [0.2, 0.25) is 10.0 Å². The summed E-state index contributed by atoms with van der Waals surface area (Å²) >= 11 is 0. The number of imidazole rings is 1. The van der Waals surface area contributed by atoms with E-state index >= 15 is 0 Å². The molecular weight excluding hydrogens is 397 g/mol. The first-order valence-electron chi connectivity index (χ1n) is 8.03. The van der Waals surface area contributed by atoms with Crippen molar-refractivity contribution in [3.05, 3.63) is 61.1 Å². The Bertz CT molecular complexity index is 1040. The lowest BCUT2D eigenvalue weighted by Crippen LogP contribution is -2.28. The van der Waals surface area contributed by atoms with Gasteiger partial charge in [-0.3, -0.25) is 4.98 Å². The van der Waals surface area contributed by atoms with Gasteiger partial charge in [0.25, 0.3) is 0 Å². The molecule has 0 atom stereocenters. The smallest absolute Gasteiger partial charge is 0.404 e. The number of aromatic nitrogens is 3. The van der Waals surface area contributed by atoms with Crippen molar-refractivity contribution in [2.75, 3.05) is 6.54 Å². The maximum absolute atomic E-state index is 12.5. The molecular formula is C17H15F3N4O3S. The van der Waals surface area contributed by atoms with Gasteiger partial charge in [0.1, 0.15) is 16.3 Å². The maximum Gasteiger partial charge on any atom is 0.573 e. The third-order valence-corrected chi connectivity index (χ3v) is 5.12. The maximum atomic E-state index is 12.5. The third kappa shape index (κ3) is 4.87. The van der Waals surface area contributed by atoms with Gasteiger partial charge in [0.05, 0.1) is 0 Å². The molecule has 148 valence electrons. The van der Waals surface area contributed by atoms with E-state index in [0.29, 0.717) is 11.5 Å². The SMILES string of the molecule is O=S(=O)(NCCn1ccnc1-c1ccccn1)c1ccccc1OC(F)(F)F. The van der Waals surface area contributed by atoms with Crippen molar-refractivity contribution in [2.24, 2.45) is 0 Å². The molecule has 0 radical (unpaired) electrons. The van der Waals surface area contributed by atoms with E-state index in [2.05, 4.69) is 19.4 Å². The lowest BCUT2D eigenvalue weighted by molar-refractivity contribution is -0.275. The number of hydrogen-bond acceptors (Lipinski definition) is 5. The summed E-state index contributed by atoms with van der Waals surface area (Å²) in [5.74, 6) is -0.250. The van der Waals surface area contributed by atoms with E-state index in [1.807, 2.05) is 0 Å². The molecule has 7 nitrogen and oxygen atoms in total. The lowest BCUT2D eigenvalue weighted by Gasteiger charge is -2.14. The topological polar surface area (TPSA) is 86.1 Å². The van der Waals surface area contributed by atoms with Gasteiger partial charge in [0, 0.05) is 31.7 Å². The molecule has 0 saturated carbocycles. The molecule has 11 heteroatoms. The Morgan fingerprint density at radius 1 is 1.04 bits per heavy atom. The van der Waals surface area contributed by atoms with Crippen LogP contribution in [-0.4, -0.2) is 35.9 Å². The monoisotopic (exact) mass is 412 g/mol. The van der Waals surface area contributed by atoms with Gasteiger partial charge in [-0.2, -0.15) is 0 Å². The Kier molecular flexibility index (Phi) is 5.66. The van der Waals surface area contributed by atoms with Crippen LogP contribution in [0.5, 0.6) is 5.75 Å². The Morgan fingerprint density at radius 3 is 2.50 bits per heavy atom. The number of nitrogens with zero attached hydrogens (tertiary/aromatic N) is 3. The molecule has 0 aliphatic heterocycles. The van der Waals surface area contributed by atoms with Crippen LogP contribution >= 0.6 is 0 Å². The van der Waals surface area contributed by atoms with Crippen LogP contribution < -0.4 is 9.46 Å². The molecule has 0 aliphatic carbocycles. The van der Waals surface area contributed by atoms with Crippen LogP contribution in [0.2, 0.25) is 0 Å². The molecule has 0 aliphatic rings. The number of halogens is 3. The average Bonchev–Trinajstić information content (AvgIpc) is 3.10. The van der Waals surface area contributed by atoms with E-state index in [1.54, 1.807) is 41.4 Å². The second-order valence-corrected chi connectivity index (χ2v) is 7.29. The van der Waals surface area contributed by atoms with Crippen molar-refractivity contribution in [1.29, 1.82) is 0 Å². The predicted molar refractivity (Wildman–Crippen MR) is 93.8 cm³/mol. The van der Waals surface area contributed by atoms with E-state index in [1.165, 1.54) is 12.1 Å². The Morgan fingerprint density at radius 2 is 1.79 bits per heavy atom. The van der Waals surface area contributed by atoms with Gasteiger partial charge in [-0.05, 0) is 24.3 Å². The fourth-order valence-corrected chi connectivity index (χ4v) is 3.63.